The van der Waals surface area contributed by atoms with Gasteiger partial charge >= 0.3 is 0 Å². The molecule has 0 aromatic carbocycles. The number of nitrogens with two attached hydrogens (primary N) is 1. The average Bonchev–Trinajstić information content (AvgIpc) is 2.11. The summed E-state index contributed by atoms with van der Waals surface area (Å²) in [5.41, 5.74) is 5.48. The first kappa shape index (κ1) is 12.5. The molecule has 0 aromatic rings. The van der Waals surface area contributed by atoms with Crippen molar-refractivity contribution >= 4 is 23.2 Å². The van der Waals surface area contributed by atoms with Gasteiger partial charge in [0.2, 0.25) is 0 Å². The molecule has 0 spiro atoms. The van der Waals surface area contributed by atoms with Gasteiger partial charge in [0.1, 0.15) is 0 Å². The first-order chi connectivity index (χ1) is 5.67. The van der Waals surface area contributed by atoms with Crippen molar-refractivity contribution in [1.29, 1.82) is 0 Å². The highest BCUT2D eigenvalue weighted by Gasteiger charge is 2.19. The Hall–Kier alpha value is 0.500. The third-order valence-electron chi connectivity index (χ3n) is 1.78. The molecule has 4 heteroatoms. The van der Waals surface area contributed by atoms with Crippen molar-refractivity contribution in [3.05, 3.63) is 0 Å². The molecule has 2 nitrogen and oxygen atoms in total. The van der Waals surface area contributed by atoms with Gasteiger partial charge in [-0.05, 0) is 12.8 Å². The Labute approximate surface area is 85.0 Å². The number of nitrogens with zero attached hydrogens (tertiary/aromatic N) is 1. The minimum Gasteiger partial charge on any atom is -0.329 e. The second-order valence-corrected chi connectivity index (χ2v) is 3.72. The number of hydrogen-bond acceptors (Lipinski definition) is 2. The summed E-state index contributed by atoms with van der Waals surface area (Å²) < 4.78 is 0. The monoisotopic (exact) mass is 212 g/mol. The number of alkyl halides is 2. The van der Waals surface area contributed by atoms with Gasteiger partial charge < -0.3 is 5.73 Å². The second kappa shape index (κ2) is 6.96. The fourth-order valence-electron chi connectivity index (χ4n) is 1.07. The Morgan fingerprint density at radius 3 is 1.83 bits per heavy atom. The van der Waals surface area contributed by atoms with Crippen molar-refractivity contribution in [1.82, 2.24) is 4.90 Å². The van der Waals surface area contributed by atoms with E-state index in [1.165, 1.54) is 0 Å². The summed E-state index contributed by atoms with van der Waals surface area (Å²) >= 11 is 12.1. The van der Waals surface area contributed by atoms with Crippen LogP contribution in [0.15, 0.2) is 0 Å². The van der Waals surface area contributed by atoms with Crippen LogP contribution in [0.5, 0.6) is 0 Å². The van der Waals surface area contributed by atoms with E-state index in [4.69, 9.17) is 28.9 Å². The molecular weight excluding hydrogens is 195 g/mol. The lowest BCUT2D eigenvalue weighted by atomic mass is 10.3. The maximum atomic E-state index is 6.07. The fourth-order valence-corrected chi connectivity index (χ4v) is 1.60. The molecule has 2 unspecified atom stereocenters. The number of halogens is 2. The summed E-state index contributed by atoms with van der Waals surface area (Å²) in [5.74, 6) is 0. The Morgan fingerprint density at radius 2 is 1.58 bits per heavy atom. The zero-order chi connectivity index (χ0) is 9.56. The van der Waals surface area contributed by atoms with Crippen LogP contribution in [0.2, 0.25) is 0 Å². The van der Waals surface area contributed by atoms with Gasteiger partial charge in [-0.1, -0.05) is 13.8 Å². The van der Waals surface area contributed by atoms with Gasteiger partial charge in [0, 0.05) is 13.1 Å². The largest absolute Gasteiger partial charge is 0.329 e. The van der Waals surface area contributed by atoms with Crippen LogP contribution >= 0.6 is 23.2 Å². The SMILES string of the molecule is CCC(Cl)N(CCN)C(Cl)CC. The number of hydrogen-bond donors (Lipinski definition) is 1. The zero-order valence-corrected chi connectivity index (χ0v) is 9.28. The summed E-state index contributed by atoms with van der Waals surface area (Å²) in [7, 11) is 0. The molecule has 0 aliphatic rings. The van der Waals surface area contributed by atoms with E-state index in [2.05, 4.69) is 0 Å². The first-order valence-corrected chi connectivity index (χ1v) is 5.28. The predicted molar refractivity (Wildman–Crippen MR) is 55.6 cm³/mol. The predicted octanol–water partition coefficient (Wildman–Crippen LogP) is 2.20. The van der Waals surface area contributed by atoms with E-state index >= 15 is 0 Å². The molecule has 0 rings (SSSR count). The normalized spacial score (nSPS) is 16.5. The maximum Gasteiger partial charge on any atom is 0.0859 e. The highest BCUT2D eigenvalue weighted by molar-refractivity contribution is 6.22. The van der Waals surface area contributed by atoms with E-state index in [0.29, 0.717) is 6.54 Å². The molecule has 2 N–H and O–H groups in total. The van der Waals surface area contributed by atoms with E-state index in [-0.39, 0.29) is 11.0 Å². The van der Waals surface area contributed by atoms with Gasteiger partial charge in [0.25, 0.3) is 0 Å². The molecular formula is C8H18Cl2N2. The minimum absolute atomic E-state index is 0.0102. The Bertz CT molecular complexity index is 101. The van der Waals surface area contributed by atoms with Gasteiger partial charge in [0.15, 0.2) is 0 Å². The minimum atomic E-state index is 0.0102. The molecule has 0 aliphatic carbocycles. The summed E-state index contributed by atoms with van der Waals surface area (Å²) in [5, 5.41) is 0. The van der Waals surface area contributed by atoms with E-state index in [9.17, 15) is 0 Å². The van der Waals surface area contributed by atoms with Gasteiger partial charge in [-0.15, -0.1) is 23.2 Å². The van der Waals surface area contributed by atoms with Crippen molar-refractivity contribution in [3.63, 3.8) is 0 Å². The lowest BCUT2D eigenvalue weighted by Crippen LogP contribution is -2.40. The standard InChI is InChI=1S/C8H18Cl2N2/c1-3-7(9)12(6-5-11)8(10)4-2/h7-8H,3-6,11H2,1-2H3. The smallest absolute Gasteiger partial charge is 0.0859 e. The van der Waals surface area contributed by atoms with Crippen molar-refractivity contribution in [2.75, 3.05) is 13.1 Å². The molecule has 0 saturated carbocycles. The van der Waals surface area contributed by atoms with Gasteiger partial charge in [-0.2, -0.15) is 0 Å². The summed E-state index contributed by atoms with van der Waals surface area (Å²) in [6, 6.07) is 0. The lowest BCUT2D eigenvalue weighted by Gasteiger charge is -2.29. The molecule has 0 fully saturated rings. The highest BCUT2D eigenvalue weighted by atomic mass is 35.5. The van der Waals surface area contributed by atoms with Crippen LogP contribution in [0.4, 0.5) is 0 Å². The molecule has 0 amide bonds. The molecule has 74 valence electrons. The van der Waals surface area contributed by atoms with Crippen LogP contribution in [0.1, 0.15) is 26.7 Å². The fraction of sp³-hybridized carbons (Fsp3) is 1.00. The quantitative estimate of drug-likeness (QED) is 0.541. The van der Waals surface area contributed by atoms with Crippen LogP contribution in [-0.4, -0.2) is 29.0 Å². The van der Waals surface area contributed by atoms with Crippen LogP contribution < -0.4 is 5.73 Å². The van der Waals surface area contributed by atoms with Crippen LogP contribution in [-0.2, 0) is 0 Å². The van der Waals surface area contributed by atoms with Crippen molar-refractivity contribution in [3.8, 4) is 0 Å². The average molecular weight is 213 g/mol. The first-order valence-electron chi connectivity index (χ1n) is 4.41. The second-order valence-electron chi connectivity index (χ2n) is 2.71. The zero-order valence-electron chi connectivity index (χ0n) is 7.76. The van der Waals surface area contributed by atoms with Crippen LogP contribution in [0.3, 0.4) is 0 Å². The lowest BCUT2D eigenvalue weighted by molar-refractivity contribution is 0.227. The summed E-state index contributed by atoms with van der Waals surface area (Å²) in [6.07, 6.45) is 1.79. The van der Waals surface area contributed by atoms with Crippen LogP contribution in [0.25, 0.3) is 0 Å². The summed E-state index contributed by atoms with van der Waals surface area (Å²) in [4.78, 5) is 2.03. The van der Waals surface area contributed by atoms with E-state index < -0.39 is 0 Å². The van der Waals surface area contributed by atoms with Gasteiger partial charge in [-0.3, -0.25) is 4.90 Å². The Kier molecular flexibility index (Phi) is 7.25. The van der Waals surface area contributed by atoms with Gasteiger partial charge in [0.05, 0.1) is 11.0 Å². The summed E-state index contributed by atoms with van der Waals surface area (Å²) in [6.45, 7) is 5.46. The van der Waals surface area contributed by atoms with Crippen LogP contribution in [0, 0.1) is 0 Å². The van der Waals surface area contributed by atoms with Gasteiger partial charge in [-0.25, -0.2) is 0 Å². The van der Waals surface area contributed by atoms with Crippen molar-refractivity contribution in [2.45, 2.75) is 37.7 Å². The third kappa shape index (κ3) is 3.94. The third-order valence-corrected chi connectivity index (χ3v) is 2.90. The molecule has 0 aliphatic heterocycles. The van der Waals surface area contributed by atoms with E-state index in [1.807, 2.05) is 18.7 Å². The molecule has 0 heterocycles. The molecule has 2 atom stereocenters. The van der Waals surface area contributed by atoms with Crippen molar-refractivity contribution < 1.29 is 0 Å². The molecule has 0 radical (unpaired) electrons. The van der Waals surface area contributed by atoms with Crippen molar-refractivity contribution in [2.24, 2.45) is 5.73 Å². The Balaban J connectivity index is 4.01. The Morgan fingerprint density at radius 1 is 1.17 bits per heavy atom. The maximum absolute atomic E-state index is 6.07. The molecule has 12 heavy (non-hydrogen) atoms. The molecule has 0 aromatic heterocycles. The number of rotatable bonds is 6. The topological polar surface area (TPSA) is 29.3 Å². The molecule has 0 bridgehead atoms. The van der Waals surface area contributed by atoms with E-state index in [0.717, 1.165) is 19.4 Å². The van der Waals surface area contributed by atoms with E-state index in [1.54, 1.807) is 0 Å². The highest BCUT2D eigenvalue weighted by Crippen LogP contribution is 2.17. The molecule has 0 saturated heterocycles.